The Balaban J connectivity index is 1.93. The third kappa shape index (κ3) is 5.73. The molecule has 202 valence electrons. The van der Waals surface area contributed by atoms with Crippen molar-refractivity contribution in [2.24, 2.45) is 11.8 Å². The van der Waals surface area contributed by atoms with Gasteiger partial charge >= 0.3 is 5.97 Å². The van der Waals surface area contributed by atoms with E-state index >= 15 is 0 Å². The molecule has 0 saturated carbocycles. The summed E-state index contributed by atoms with van der Waals surface area (Å²) >= 11 is 5.42. The predicted octanol–water partition coefficient (Wildman–Crippen LogP) is 3.94. The Morgan fingerprint density at radius 1 is 1.22 bits per heavy atom. The van der Waals surface area contributed by atoms with E-state index in [-0.39, 0.29) is 41.1 Å². The third-order valence-electron chi connectivity index (χ3n) is 7.64. The molecular weight excluding hydrogens is 544 g/mol. The van der Waals surface area contributed by atoms with Crippen LogP contribution in [0.3, 0.4) is 0 Å². The van der Waals surface area contributed by atoms with Gasteiger partial charge in [0.15, 0.2) is 0 Å². The highest BCUT2D eigenvalue weighted by Gasteiger charge is 2.76. The van der Waals surface area contributed by atoms with E-state index in [1.54, 1.807) is 22.7 Å². The van der Waals surface area contributed by atoms with E-state index in [9.17, 15) is 14.4 Å². The van der Waals surface area contributed by atoms with Crippen LogP contribution in [-0.2, 0) is 19.1 Å². The lowest BCUT2D eigenvalue weighted by Crippen LogP contribution is -2.55. The monoisotopic (exact) mass is 584 g/mol. The van der Waals surface area contributed by atoms with Crippen molar-refractivity contribution in [1.29, 1.82) is 0 Å². The van der Waals surface area contributed by atoms with Gasteiger partial charge in [-0.15, -0.1) is 18.3 Å². The molecule has 7 nitrogen and oxygen atoms in total. The van der Waals surface area contributed by atoms with Gasteiger partial charge in [-0.3, -0.25) is 14.4 Å². The van der Waals surface area contributed by atoms with Crippen LogP contribution in [0.4, 0.5) is 0 Å². The fraction of sp³-hybridized carbons (Fsp3) is 0.741. The SMILES string of the molecule is C=CCOC(=O)[C@H]1[C@H]2C(=O)N(CCCCCCO)C(C(=O)N(CC=C)CCCCC)C23CC(Br)[C@@H]1S3. The van der Waals surface area contributed by atoms with Crippen molar-refractivity contribution in [2.45, 2.75) is 79.2 Å². The third-order valence-corrected chi connectivity index (χ3v) is 10.9. The first-order chi connectivity index (χ1) is 17.4. The lowest BCUT2D eigenvalue weighted by atomic mass is 9.71. The van der Waals surface area contributed by atoms with Crippen LogP contribution in [0.15, 0.2) is 25.3 Å². The van der Waals surface area contributed by atoms with Crippen molar-refractivity contribution in [2.75, 3.05) is 32.8 Å². The average Bonchev–Trinajstić information content (AvgIpc) is 3.45. The molecule has 0 aromatic carbocycles. The molecule has 2 bridgehead atoms. The first-order valence-electron chi connectivity index (χ1n) is 13.3. The number of unbranched alkanes of at least 4 members (excludes halogenated alkanes) is 5. The van der Waals surface area contributed by atoms with Gasteiger partial charge in [0.1, 0.15) is 12.6 Å². The minimum atomic E-state index is -0.653. The number of rotatable bonds is 16. The van der Waals surface area contributed by atoms with Crippen LogP contribution in [-0.4, -0.2) is 86.4 Å². The fourth-order valence-corrected chi connectivity index (χ4v) is 9.67. The molecule has 3 unspecified atom stereocenters. The number of thioether (sulfide) groups is 1. The Hall–Kier alpha value is -1.32. The molecule has 0 aromatic rings. The van der Waals surface area contributed by atoms with Crippen LogP contribution < -0.4 is 0 Å². The van der Waals surface area contributed by atoms with Gasteiger partial charge in [-0.05, 0) is 25.7 Å². The van der Waals surface area contributed by atoms with Crippen LogP contribution in [0.25, 0.3) is 0 Å². The van der Waals surface area contributed by atoms with E-state index in [1.165, 1.54) is 6.08 Å². The highest BCUT2D eigenvalue weighted by Crippen LogP contribution is 2.68. The second-order valence-corrected chi connectivity index (χ2v) is 12.7. The molecule has 0 aromatic heterocycles. The maximum absolute atomic E-state index is 14.2. The van der Waals surface area contributed by atoms with E-state index in [0.29, 0.717) is 26.1 Å². The molecule has 1 N–H and O–H groups in total. The molecule has 3 saturated heterocycles. The molecule has 9 heteroatoms. The average molecular weight is 586 g/mol. The Kier molecular flexibility index (Phi) is 10.9. The van der Waals surface area contributed by atoms with Gasteiger partial charge < -0.3 is 19.6 Å². The molecule has 2 amide bonds. The summed E-state index contributed by atoms with van der Waals surface area (Å²) in [4.78, 5) is 45.0. The van der Waals surface area contributed by atoms with E-state index in [0.717, 1.165) is 44.9 Å². The summed E-state index contributed by atoms with van der Waals surface area (Å²) in [5, 5.41) is 9.00. The lowest BCUT2D eigenvalue weighted by molar-refractivity contribution is -0.153. The van der Waals surface area contributed by atoms with Gasteiger partial charge in [0.2, 0.25) is 11.8 Å². The van der Waals surface area contributed by atoms with E-state index in [4.69, 9.17) is 9.84 Å². The van der Waals surface area contributed by atoms with E-state index in [2.05, 4.69) is 36.0 Å². The fourth-order valence-electron chi connectivity index (χ4n) is 6.08. The van der Waals surface area contributed by atoms with Gasteiger partial charge in [0.05, 0.1) is 16.6 Å². The normalized spacial score (nSPS) is 30.4. The van der Waals surface area contributed by atoms with Crippen molar-refractivity contribution >= 4 is 45.5 Å². The summed E-state index contributed by atoms with van der Waals surface area (Å²) in [6.07, 6.45) is 10.2. The number of aliphatic hydroxyl groups is 1. The second-order valence-electron chi connectivity index (χ2n) is 10.0. The van der Waals surface area contributed by atoms with Gasteiger partial charge in [-0.1, -0.05) is 67.3 Å². The van der Waals surface area contributed by atoms with Crippen LogP contribution in [0, 0.1) is 11.8 Å². The number of alkyl halides is 1. The standard InChI is InChI=1S/C27H41BrN2O5S/c1-4-7-10-14-29(13-5-2)25(33)23-27-18-19(28)22(36-27)20(26(34)35-17-6-3)21(27)24(32)30(23)15-11-8-9-12-16-31/h5-6,19-23,31H,2-4,7-18H2,1H3/t19?,20-,21-,22-,23?,27?/m0/s1. The zero-order valence-electron chi connectivity index (χ0n) is 21.4. The van der Waals surface area contributed by atoms with E-state index in [1.807, 2.05) is 4.90 Å². The number of carbonyl (C=O) groups excluding carboxylic acids is 3. The molecule has 3 fully saturated rings. The number of likely N-dealkylation sites (tertiary alicyclic amines) is 1. The molecule has 3 aliphatic heterocycles. The maximum atomic E-state index is 14.2. The van der Waals surface area contributed by atoms with Crippen molar-refractivity contribution in [3.8, 4) is 0 Å². The molecule has 0 radical (unpaired) electrons. The summed E-state index contributed by atoms with van der Waals surface area (Å²) in [5.41, 5.74) is 0. The minimum absolute atomic E-state index is 0.0283. The molecule has 3 rings (SSSR count). The van der Waals surface area contributed by atoms with Gasteiger partial charge in [0.25, 0.3) is 0 Å². The number of nitrogens with zero attached hydrogens (tertiary/aromatic N) is 2. The van der Waals surface area contributed by atoms with Crippen molar-refractivity contribution in [1.82, 2.24) is 9.80 Å². The molecule has 3 aliphatic rings. The number of fused-ring (bicyclic) bond motifs is 1. The maximum Gasteiger partial charge on any atom is 0.311 e. The summed E-state index contributed by atoms with van der Waals surface area (Å²) in [7, 11) is 0. The summed E-state index contributed by atoms with van der Waals surface area (Å²) in [6, 6.07) is -0.610. The molecule has 0 aliphatic carbocycles. The van der Waals surface area contributed by atoms with Crippen molar-refractivity contribution in [3.05, 3.63) is 25.3 Å². The Labute approximate surface area is 228 Å². The number of aliphatic hydroxyl groups excluding tert-OH is 1. The minimum Gasteiger partial charge on any atom is -0.461 e. The van der Waals surface area contributed by atoms with Gasteiger partial charge in [-0.25, -0.2) is 0 Å². The smallest absolute Gasteiger partial charge is 0.311 e. The van der Waals surface area contributed by atoms with Crippen LogP contribution >= 0.6 is 27.7 Å². The second kappa shape index (κ2) is 13.5. The van der Waals surface area contributed by atoms with E-state index < -0.39 is 22.6 Å². The summed E-state index contributed by atoms with van der Waals surface area (Å²) < 4.78 is 4.79. The predicted molar refractivity (Wildman–Crippen MR) is 147 cm³/mol. The van der Waals surface area contributed by atoms with Crippen molar-refractivity contribution in [3.63, 3.8) is 0 Å². The summed E-state index contributed by atoms with van der Waals surface area (Å²) in [6.45, 7) is 11.4. The molecular formula is C27H41BrN2O5S. The van der Waals surface area contributed by atoms with Crippen LogP contribution in [0.1, 0.15) is 58.3 Å². The zero-order chi connectivity index (χ0) is 26.3. The number of ether oxygens (including phenoxy) is 1. The number of hydrogen-bond donors (Lipinski definition) is 1. The zero-order valence-corrected chi connectivity index (χ0v) is 23.8. The number of hydrogen-bond acceptors (Lipinski definition) is 6. The quantitative estimate of drug-likeness (QED) is 0.128. The first kappa shape index (κ1) is 29.2. The Morgan fingerprint density at radius 3 is 2.64 bits per heavy atom. The largest absolute Gasteiger partial charge is 0.461 e. The van der Waals surface area contributed by atoms with Gasteiger partial charge in [0, 0.05) is 36.3 Å². The Bertz CT molecular complexity index is 826. The summed E-state index contributed by atoms with van der Waals surface area (Å²) in [5.74, 6) is -1.66. The molecule has 36 heavy (non-hydrogen) atoms. The number of amides is 2. The highest BCUT2D eigenvalue weighted by molar-refractivity contribution is 9.09. The van der Waals surface area contributed by atoms with Crippen LogP contribution in [0.2, 0.25) is 0 Å². The topological polar surface area (TPSA) is 87.1 Å². The van der Waals surface area contributed by atoms with Gasteiger partial charge in [-0.2, -0.15) is 0 Å². The highest BCUT2D eigenvalue weighted by atomic mass is 79.9. The molecule has 6 atom stereocenters. The van der Waals surface area contributed by atoms with Crippen molar-refractivity contribution < 1.29 is 24.2 Å². The number of carbonyl (C=O) groups is 3. The molecule has 1 spiro atoms. The number of esters is 1. The number of halogens is 1. The lowest BCUT2D eigenvalue weighted by Gasteiger charge is -2.38. The molecule has 3 heterocycles. The van der Waals surface area contributed by atoms with Crippen LogP contribution in [0.5, 0.6) is 0 Å². The Morgan fingerprint density at radius 2 is 1.97 bits per heavy atom. The first-order valence-corrected chi connectivity index (χ1v) is 15.1.